The lowest BCUT2D eigenvalue weighted by Crippen LogP contribution is -2.26. The normalized spacial score (nSPS) is 23.9. The number of nitrogens with two attached hydrogens (primary N) is 1. The maximum atomic E-state index is 6.18. The Bertz CT molecular complexity index is 364. The largest absolute Gasteiger partial charge is 0.397 e. The van der Waals surface area contributed by atoms with E-state index < -0.39 is 0 Å². The van der Waals surface area contributed by atoms with Gasteiger partial charge < -0.3 is 11.1 Å². The minimum atomic E-state index is 0.528. The second-order valence-corrected chi connectivity index (χ2v) is 5.76. The van der Waals surface area contributed by atoms with Gasteiger partial charge in [0.1, 0.15) is 0 Å². The van der Waals surface area contributed by atoms with E-state index in [-0.39, 0.29) is 0 Å². The fourth-order valence-corrected chi connectivity index (χ4v) is 3.14. The van der Waals surface area contributed by atoms with Gasteiger partial charge in [0.2, 0.25) is 0 Å². The first kappa shape index (κ1) is 13.5. The van der Waals surface area contributed by atoms with Crippen molar-refractivity contribution in [3.8, 4) is 0 Å². The summed E-state index contributed by atoms with van der Waals surface area (Å²) >= 11 is 6.18. The molecule has 18 heavy (non-hydrogen) atoms. The molecule has 0 atom stereocenters. The number of benzene rings is 1. The van der Waals surface area contributed by atoms with Crippen LogP contribution in [0.1, 0.15) is 45.4 Å². The van der Waals surface area contributed by atoms with Crippen LogP contribution in [0.25, 0.3) is 0 Å². The number of para-hydroxylation sites is 1. The quantitative estimate of drug-likeness (QED) is 0.776. The van der Waals surface area contributed by atoms with Gasteiger partial charge in [0.25, 0.3) is 0 Å². The Balaban J connectivity index is 1.92. The van der Waals surface area contributed by atoms with E-state index in [1.807, 2.05) is 18.2 Å². The first-order chi connectivity index (χ1) is 8.70. The van der Waals surface area contributed by atoms with Crippen LogP contribution in [0.15, 0.2) is 18.2 Å². The van der Waals surface area contributed by atoms with Crippen LogP contribution in [0.2, 0.25) is 5.02 Å². The molecule has 0 aromatic heterocycles. The third-order valence-corrected chi connectivity index (χ3v) is 4.25. The summed E-state index contributed by atoms with van der Waals surface area (Å²) in [5.41, 5.74) is 7.63. The van der Waals surface area contributed by atoms with Crippen molar-refractivity contribution in [1.29, 1.82) is 0 Å². The Morgan fingerprint density at radius 1 is 1.28 bits per heavy atom. The molecule has 1 aromatic rings. The average Bonchev–Trinajstić information content (AvgIpc) is 2.36. The molecule has 0 saturated heterocycles. The second-order valence-electron chi connectivity index (χ2n) is 5.35. The first-order valence-electron chi connectivity index (χ1n) is 7.01. The third-order valence-electron chi connectivity index (χ3n) is 3.94. The summed E-state index contributed by atoms with van der Waals surface area (Å²) in [5, 5.41) is 4.25. The highest BCUT2D eigenvalue weighted by molar-refractivity contribution is 6.33. The molecular formula is C15H23ClN2. The molecule has 1 fully saturated rings. The number of nitrogen functional groups attached to an aromatic ring is 1. The topological polar surface area (TPSA) is 38.0 Å². The Labute approximate surface area is 115 Å². The van der Waals surface area contributed by atoms with E-state index in [2.05, 4.69) is 12.2 Å². The smallest absolute Gasteiger partial charge is 0.0765 e. The highest BCUT2D eigenvalue weighted by Crippen LogP contribution is 2.33. The minimum Gasteiger partial charge on any atom is -0.397 e. The maximum Gasteiger partial charge on any atom is 0.0765 e. The van der Waals surface area contributed by atoms with Crippen LogP contribution in [0.3, 0.4) is 0 Å². The highest BCUT2D eigenvalue weighted by atomic mass is 35.5. The van der Waals surface area contributed by atoms with Gasteiger partial charge in [-0.1, -0.05) is 37.4 Å². The second kappa shape index (κ2) is 6.33. The molecule has 1 aromatic carbocycles. The molecule has 0 heterocycles. The van der Waals surface area contributed by atoms with Gasteiger partial charge in [-0.25, -0.2) is 0 Å². The summed E-state index contributed by atoms with van der Waals surface area (Å²) in [7, 11) is 0. The van der Waals surface area contributed by atoms with Crippen LogP contribution in [0.4, 0.5) is 11.4 Å². The molecule has 0 bridgehead atoms. The molecule has 0 spiro atoms. The standard InChI is InChI=1S/C15H23ClN2/c1-2-4-11-7-9-12(10-8-11)18-15-13(16)5-3-6-14(15)17/h3,5-6,11-12,18H,2,4,7-10,17H2,1H3. The lowest BCUT2D eigenvalue weighted by Gasteiger charge is -2.30. The van der Waals surface area contributed by atoms with Crippen LogP contribution in [-0.4, -0.2) is 6.04 Å². The van der Waals surface area contributed by atoms with Crippen molar-refractivity contribution in [1.82, 2.24) is 0 Å². The molecule has 3 heteroatoms. The molecule has 3 N–H and O–H groups in total. The Morgan fingerprint density at radius 2 is 2.00 bits per heavy atom. The summed E-state index contributed by atoms with van der Waals surface area (Å²) in [6, 6.07) is 6.21. The maximum absolute atomic E-state index is 6.18. The van der Waals surface area contributed by atoms with E-state index in [1.165, 1.54) is 38.5 Å². The lowest BCUT2D eigenvalue weighted by atomic mass is 9.83. The van der Waals surface area contributed by atoms with Gasteiger partial charge in [-0.15, -0.1) is 0 Å². The van der Waals surface area contributed by atoms with Crippen molar-refractivity contribution in [3.63, 3.8) is 0 Å². The van der Waals surface area contributed by atoms with Gasteiger partial charge in [-0.05, 0) is 43.7 Å². The monoisotopic (exact) mass is 266 g/mol. The minimum absolute atomic E-state index is 0.528. The Hall–Kier alpha value is -0.890. The van der Waals surface area contributed by atoms with Crippen molar-refractivity contribution < 1.29 is 0 Å². The molecule has 0 amide bonds. The zero-order valence-corrected chi connectivity index (χ0v) is 11.8. The van der Waals surface area contributed by atoms with Crippen molar-refractivity contribution in [3.05, 3.63) is 23.2 Å². The van der Waals surface area contributed by atoms with Crippen LogP contribution >= 0.6 is 11.6 Å². The molecule has 1 aliphatic rings. The van der Waals surface area contributed by atoms with Gasteiger partial charge >= 0.3 is 0 Å². The van der Waals surface area contributed by atoms with Crippen LogP contribution < -0.4 is 11.1 Å². The summed E-state index contributed by atoms with van der Waals surface area (Å²) in [6.07, 6.45) is 7.80. The molecule has 100 valence electrons. The van der Waals surface area contributed by atoms with Gasteiger partial charge in [0.15, 0.2) is 0 Å². The lowest BCUT2D eigenvalue weighted by molar-refractivity contribution is 0.319. The number of hydrogen-bond acceptors (Lipinski definition) is 2. The summed E-state index contributed by atoms with van der Waals surface area (Å²) in [5.74, 6) is 0.927. The number of nitrogens with one attached hydrogen (secondary N) is 1. The fraction of sp³-hybridized carbons (Fsp3) is 0.600. The predicted molar refractivity (Wildman–Crippen MR) is 80.1 cm³/mol. The van der Waals surface area contributed by atoms with Crippen LogP contribution in [0, 0.1) is 5.92 Å². The fourth-order valence-electron chi connectivity index (χ4n) is 2.90. The summed E-state index contributed by atoms with van der Waals surface area (Å²) in [4.78, 5) is 0. The Kier molecular flexibility index (Phi) is 4.76. The molecule has 2 nitrogen and oxygen atoms in total. The highest BCUT2D eigenvalue weighted by Gasteiger charge is 2.21. The first-order valence-corrected chi connectivity index (χ1v) is 7.39. The van der Waals surface area contributed by atoms with E-state index in [0.29, 0.717) is 6.04 Å². The van der Waals surface area contributed by atoms with Crippen LogP contribution in [-0.2, 0) is 0 Å². The zero-order valence-electron chi connectivity index (χ0n) is 11.1. The van der Waals surface area contributed by atoms with Crippen molar-refractivity contribution in [2.75, 3.05) is 11.1 Å². The summed E-state index contributed by atoms with van der Waals surface area (Å²) in [6.45, 7) is 2.27. The molecule has 0 unspecified atom stereocenters. The third kappa shape index (κ3) is 3.32. The number of rotatable bonds is 4. The Morgan fingerprint density at radius 3 is 2.61 bits per heavy atom. The van der Waals surface area contributed by atoms with Crippen LogP contribution in [0.5, 0.6) is 0 Å². The van der Waals surface area contributed by atoms with E-state index in [4.69, 9.17) is 17.3 Å². The van der Waals surface area contributed by atoms with E-state index in [9.17, 15) is 0 Å². The molecular weight excluding hydrogens is 244 g/mol. The van der Waals surface area contributed by atoms with Crippen molar-refractivity contribution >= 4 is 23.0 Å². The van der Waals surface area contributed by atoms with E-state index in [1.54, 1.807) is 0 Å². The summed E-state index contributed by atoms with van der Waals surface area (Å²) < 4.78 is 0. The predicted octanol–water partition coefficient (Wildman–Crippen LogP) is 4.69. The van der Waals surface area contributed by atoms with Gasteiger partial charge in [0, 0.05) is 6.04 Å². The molecule has 0 radical (unpaired) electrons. The zero-order chi connectivity index (χ0) is 13.0. The average molecular weight is 267 g/mol. The molecule has 0 aliphatic heterocycles. The SMILES string of the molecule is CCCC1CCC(Nc2c(N)cccc2Cl)CC1. The van der Waals surface area contributed by atoms with Gasteiger partial charge in [0.05, 0.1) is 16.4 Å². The molecule has 1 saturated carbocycles. The van der Waals surface area contributed by atoms with Crippen molar-refractivity contribution in [2.24, 2.45) is 5.92 Å². The van der Waals surface area contributed by atoms with E-state index >= 15 is 0 Å². The van der Waals surface area contributed by atoms with Crippen molar-refractivity contribution in [2.45, 2.75) is 51.5 Å². The number of anilines is 2. The van der Waals surface area contributed by atoms with Gasteiger partial charge in [-0.2, -0.15) is 0 Å². The van der Waals surface area contributed by atoms with E-state index in [0.717, 1.165) is 22.3 Å². The molecule has 1 aliphatic carbocycles. The number of halogens is 1. The van der Waals surface area contributed by atoms with Gasteiger partial charge in [-0.3, -0.25) is 0 Å². The molecule has 2 rings (SSSR count). The number of hydrogen-bond donors (Lipinski definition) is 2.